The molecule has 0 aliphatic carbocycles. The fourth-order valence-corrected chi connectivity index (χ4v) is 8.58. The highest BCUT2D eigenvalue weighted by atomic mass is 16.5. The molecule has 0 aromatic heterocycles. The zero-order valence-electron chi connectivity index (χ0n) is 41.2. The number of carbonyl (C=O) groups is 2. The number of allylic oxidation sites excluding steroid dienone is 2. The number of amides is 1. The topological polar surface area (TPSA) is 95.9 Å². The lowest BCUT2D eigenvalue weighted by Crippen LogP contribution is -2.45. The van der Waals surface area contributed by atoms with Gasteiger partial charge in [0, 0.05) is 12.8 Å². The lowest BCUT2D eigenvalue weighted by molar-refractivity contribution is -0.143. The molecule has 0 radical (unpaired) electrons. The predicted molar refractivity (Wildman–Crippen MR) is 264 cm³/mol. The van der Waals surface area contributed by atoms with E-state index in [1.165, 1.54) is 225 Å². The summed E-state index contributed by atoms with van der Waals surface area (Å²) in [6.45, 7) is 4.92. The minimum Gasteiger partial charge on any atom is -0.466 e. The molecule has 0 heterocycles. The summed E-state index contributed by atoms with van der Waals surface area (Å²) in [5, 5.41) is 23.1. The number of ether oxygens (including phenoxy) is 1. The summed E-state index contributed by atoms with van der Waals surface area (Å²) >= 11 is 0. The van der Waals surface area contributed by atoms with E-state index >= 15 is 0 Å². The second kappa shape index (κ2) is 51.2. The van der Waals surface area contributed by atoms with E-state index in [4.69, 9.17) is 4.74 Å². The zero-order chi connectivity index (χ0) is 44.4. The van der Waals surface area contributed by atoms with Crippen LogP contribution >= 0.6 is 0 Å². The molecule has 0 bridgehead atoms. The van der Waals surface area contributed by atoms with Gasteiger partial charge in [-0.1, -0.05) is 251 Å². The molecule has 2 atom stereocenters. The zero-order valence-corrected chi connectivity index (χ0v) is 41.2. The molecule has 2 unspecified atom stereocenters. The molecule has 0 spiro atoms. The van der Waals surface area contributed by atoms with Crippen LogP contribution in [0.15, 0.2) is 12.2 Å². The third-order valence-corrected chi connectivity index (χ3v) is 12.8. The number of aliphatic hydroxyl groups excluding tert-OH is 2. The summed E-state index contributed by atoms with van der Waals surface area (Å²) in [6.07, 6.45) is 59.2. The van der Waals surface area contributed by atoms with Crippen LogP contribution in [-0.4, -0.2) is 47.4 Å². The molecule has 362 valence electrons. The number of hydrogen-bond acceptors (Lipinski definition) is 5. The highest BCUT2D eigenvalue weighted by Gasteiger charge is 2.20. The monoisotopic (exact) mass is 862 g/mol. The highest BCUT2D eigenvalue weighted by molar-refractivity contribution is 5.76. The molecule has 6 nitrogen and oxygen atoms in total. The van der Waals surface area contributed by atoms with Gasteiger partial charge in [0.25, 0.3) is 0 Å². The van der Waals surface area contributed by atoms with E-state index < -0.39 is 12.1 Å². The Kier molecular flexibility index (Phi) is 50.1. The normalized spacial score (nSPS) is 12.7. The van der Waals surface area contributed by atoms with E-state index in [9.17, 15) is 19.8 Å². The summed E-state index contributed by atoms with van der Waals surface area (Å²) in [5.41, 5.74) is 0. The number of carbonyl (C=O) groups excluding carboxylic acids is 2. The van der Waals surface area contributed by atoms with Crippen LogP contribution in [0.25, 0.3) is 0 Å². The standard InChI is InChI=1S/C55H107NO5/c1-3-5-7-9-11-13-14-25-29-33-37-41-45-49-55(60)61-50-46-42-38-34-30-27-24-22-20-18-16-15-17-19-21-23-26-28-32-36-40-44-48-54(59)56-52(51-57)53(58)47-43-39-35-31-12-10-8-6-4-2/h13-14,52-53,57-58H,3-12,15-51H2,1-2H3,(H,56,59)/b14-13-. The van der Waals surface area contributed by atoms with E-state index in [0.29, 0.717) is 25.9 Å². The molecular weight excluding hydrogens is 755 g/mol. The molecule has 0 aliphatic rings. The summed E-state index contributed by atoms with van der Waals surface area (Å²) in [6, 6.07) is -0.538. The van der Waals surface area contributed by atoms with Gasteiger partial charge >= 0.3 is 5.97 Å². The molecule has 1 amide bonds. The van der Waals surface area contributed by atoms with Crippen LogP contribution in [0.2, 0.25) is 0 Å². The predicted octanol–water partition coefficient (Wildman–Crippen LogP) is 16.5. The van der Waals surface area contributed by atoms with E-state index in [2.05, 4.69) is 31.3 Å². The van der Waals surface area contributed by atoms with Crippen LogP contribution in [0.1, 0.15) is 303 Å². The summed E-state index contributed by atoms with van der Waals surface area (Å²) < 4.78 is 5.47. The number of esters is 1. The third kappa shape index (κ3) is 47.9. The molecule has 0 fully saturated rings. The Morgan fingerprint density at radius 1 is 0.443 bits per heavy atom. The number of rotatable bonds is 51. The molecule has 6 heteroatoms. The van der Waals surface area contributed by atoms with E-state index in [-0.39, 0.29) is 18.5 Å². The van der Waals surface area contributed by atoms with Gasteiger partial charge in [0.15, 0.2) is 0 Å². The van der Waals surface area contributed by atoms with Gasteiger partial charge in [-0.15, -0.1) is 0 Å². The molecule has 0 rings (SSSR count). The molecular formula is C55H107NO5. The fourth-order valence-electron chi connectivity index (χ4n) is 8.58. The minimum absolute atomic E-state index is 0.00402. The summed E-state index contributed by atoms with van der Waals surface area (Å²) in [4.78, 5) is 24.4. The van der Waals surface area contributed by atoms with Crippen LogP contribution in [0.4, 0.5) is 0 Å². The maximum absolute atomic E-state index is 12.4. The maximum Gasteiger partial charge on any atom is 0.305 e. The van der Waals surface area contributed by atoms with Crippen molar-refractivity contribution in [3.05, 3.63) is 12.2 Å². The Morgan fingerprint density at radius 2 is 0.770 bits per heavy atom. The largest absolute Gasteiger partial charge is 0.466 e. The van der Waals surface area contributed by atoms with Crippen molar-refractivity contribution in [3.8, 4) is 0 Å². The average Bonchev–Trinajstić information content (AvgIpc) is 3.26. The van der Waals surface area contributed by atoms with Gasteiger partial charge in [0.05, 0.1) is 25.4 Å². The van der Waals surface area contributed by atoms with Crippen molar-refractivity contribution < 1.29 is 24.5 Å². The van der Waals surface area contributed by atoms with E-state index in [1.54, 1.807) is 0 Å². The van der Waals surface area contributed by atoms with Crippen molar-refractivity contribution in [1.82, 2.24) is 5.32 Å². The molecule has 0 aromatic rings. The summed E-state index contributed by atoms with van der Waals surface area (Å²) in [7, 11) is 0. The second-order valence-electron chi connectivity index (χ2n) is 18.9. The number of unbranched alkanes of at least 4 members (excludes halogenated alkanes) is 38. The third-order valence-electron chi connectivity index (χ3n) is 12.8. The smallest absolute Gasteiger partial charge is 0.305 e. The van der Waals surface area contributed by atoms with Gasteiger partial charge in [0.1, 0.15) is 0 Å². The van der Waals surface area contributed by atoms with Crippen molar-refractivity contribution in [3.63, 3.8) is 0 Å². The first-order valence-electron chi connectivity index (χ1n) is 27.4. The Morgan fingerprint density at radius 3 is 1.18 bits per heavy atom. The molecule has 0 aromatic carbocycles. The number of aliphatic hydroxyl groups is 2. The second-order valence-corrected chi connectivity index (χ2v) is 18.9. The molecule has 3 N–H and O–H groups in total. The number of nitrogens with one attached hydrogen (secondary N) is 1. The van der Waals surface area contributed by atoms with E-state index in [1.807, 2.05) is 0 Å². The van der Waals surface area contributed by atoms with Crippen LogP contribution in [-0.2, 0) is 14.3 Å². The van der Waals surface area contributed by atoms with Crippen molar-refractivity contribution in [1.29, 1.82) is 0 Å². The van der Waals surface area contributed by atoms with Crippen molar-refractivity contribution in [2.45, 2.75) is 315 Å². The molecule has 0 saturated carbocycles. The minimum atomic E-state index is -0.661. The van der Waals surface area contributed by atoms with Crippen LogP contribution in [0.3, 0.4) is 0 Å². The summed E-state index contributed by atoms with van der Waals surface area (Å²) in [5.74, 6) is -0.0329. The van der Waals surface area contributed by atoms with Crippen LogP contribution in [0, 0.1) is 0 Å². The quantitative estimate of drug-likeness (QED) is 0.0322. The SMILES string of the molecule is CCCCCC/C=C\CCCCCCCC(=O)OCCCCCCCCCCCCCCCCCCCCCCCCC(=O)NC(CO)C(O)CCCCCCCCCCC. The van der Waals surface area contributed by atoms with Crippen molar-refractivity contribution in [2.24, 2.45) is 0 Å². The molecule has 0 saturated heterocycles. The van der Waals surface area contributed by atoms with Gasteiger partial charge in [-0.25, -0.2) is 0 Å². The fraction of sp³-hybridized carbons (Fsp3) is 0.927. The Bertz CT molecular complexity index is 909. The Hall–Kier alpha value is -1.40. The van der Waals surface area contributed by atoms with Gasteiger partial charge in [-0.2, -0.15) is 0 Å². The highest BCUT2D eigenvalue weighted by Crippen LogP contribution is 2.17. The average molecular weight is 862 g/mol. The van der Waals surface area contributed by atoms with Crippen molar-refractivity contribution in [2.75, 3.05) is 13.2 Å². The van der Waals surface area contributed by atoms with Crippen LogP contribution in [0.5, 0.6) is 0 Å². The Balaban J connectivity index is 3.34. The first-order valence-corrected chi connectivity index (χ1v) is 27.4. The van der Waals surface area contributed by atoms with Gasteiger partial charge in [0.2, 0.25) is 5.91 Å². The maximum atomic E-state index is 12.4. The number of hydrogen-bond donors (Lipinski definition) is 3. The van der Waals surface area contributed by atoms with Gasteiger partial charge in [-0.3, -0.25) is 9.59 Å². The van der Waals surface area contributed by atoms with Crippen LogP contribution < -0.4 is 5.32 Å². The van der Waals surface area contributed by atoms with Gasteiger partial charge in [-0.05, 0) is 51.4 Å². The molecule has 61 heavy (non-hydrogen) atoms. The first kappa shape index (κ1) is 59.6. The van der Waals surface area contributed by atoms with E-state index in [0.717, 1.165) is 44.9 Å². The lowest BCUT2D eigenvalue weighted by atomic mass is 10.0. The molecule has 0 aliphatic heterocycles. The Labute approximate surface area is 380 Å². The van der Waals surface area contributed by atoms with Gasteiger partial charge < -0.3 is 20.3 Å². The van der Waals surface area contributed by atoms with Crippen molar-refractivity contribution >= 4 is 11.9 Å². The first-order chi connectivity index (χ1) is 30.0. The lowest BCUT2D eigenvalue weighted by Gasteiger charge is -2.22.